The van der Waals surface area contributed by atoms with Crippen molar-refractivity contribution in [3.8, 4) is 6.07 Å². The Morgan fingerprint density at radius 2 is 0.594 bits per heavy atom. The number of nitriles is 1. The molecule has 96 heavy (non-hydrogen) atoms. The molecule has 6 nitrogen and oxygen atoms in total. The van der Waals surface area contributed by atoms with E-state index >= 15 is 0 Å². The first-order valence-corrected chi connectivity index (χ1v) is 46.5. The maximum atomic E-state index is 13.4. The van der Waals surface area contributed by atoms with Crippen LogP contribution in [-0.4, -0.2) is 97.8 Å². The third kappa shape index (κ3) is 12.0. The maximum absolute atomic E-state index is 13.4. The molecular formula is C89H144N6S. The molecule has 0 bridgehead atoms. The molecule has 0 aromatic carbocycles. The second-order valence-corrected chi connectivity index (χ2v) is 41.6. The number of nitrogens with one attached hydrogen (secondary N) is 2. The molecule has 26 unspecified atom stereocenters. The van der Waals surface area contributed by atoms with Gasteiger partial charge in [-0.3, -0.25) is 25.3 Å². The molecule has 0 aromatic heterocycles. The number of rotatable bonds is 10. The summed E-state index contributed by atoms with van der Waals surface area (Å²) in [5.74, 6) is 16.2. The van der Waals surface area contributed by atoms with Crippen molar-refractivity contribution in [1.82, 2.24) is 25.3 Å². The minimum atomic E-state index is 0.205. The largest absolute Gasteiger partial charge is 0.299 e. The lowest BCUT2D eigenvalue weighted by atomic mass is 9.42. The van der Waals surface area contributed by atoms with Gasteiger partial charge in [0.1, 0.15) is 0 Å². The zero-order valence-electron chi connectivity index (χ0n) is 61.5. The first-order chi connectivity index (χ1) is 47.6. The van der Waals surface area contributed by atoms with E-state index in [2.05, 4.69) is 37.8 Å². The molecule has 0 radical (unpaired) electrons. The van der Waals surface area contributed by atoms with E-state index in [-0.39, 0.29) is 5.92 Å². The fourth-order valence-electron chi connectivity index (χ4n) is 33.6. The van der Waals surface area contributed by atoms with Crippen LogP contribution in [0.2, 0.25) is 0 Å². The van der Waals surface area contributed by atoms with Gasteiger partial charge < -0.3 is 0 Å². The molecule has 19 fully saturated rings. The van der Waals surface area contributed by atoms with Crippen LogP contribution in [-0.2, 0) is 0 Å². The average molecular weight is 1330 g/mol. The molecule has 14 saturated carbocycles. The molecular weight excluding hydrogens is 1190 g/mol. The third-order valence-electron chi connectivity index (χ3n) is 36.7. The van der Waals surface area contributed by atoms with Gasteiger partial charge in [-0.2, -0.15) is 17.0 Å². The number of thioether (sulfide) groups is 1. The summed E-state index contributed by atoms with van der Waals surface area (Å²) < 4.78 is 0. The Morgan fingerprint density at radius 3 is 1.03 bits per heavy atom. The highest BCUT2D eigenvalue weighted by Gasteiger charge is 2.66. The van der Waals surface area contributed by atoms with Crippen molar-refractivity contribution >= 4 is 11.8 Å². The molecule has 19 aliphatic rings. The Balaban J connectivity index is 0.734. The number of likely N-dealkylation sites (tertiary alicyclic amines) is 3. The van der Waals surface area contributed by atoms with E-state index in [0.717, 1.165) is 160 Å². The van der Waals surface area contributed by atoms with Crippen LogP contribution in [0.25, 0.3) is 0 Å². The first kappa shape index (κ1) is 66.3. The molecule has 5 saturated heterocycles. The second kappa shape index (κ2) is 29.2. The minimum Gasteiger partial charge on any atom is -0.299 e. The summed E-state index contributed by atoms with van der Waals surface area (Å²) in [6.45, 7) is 0. The van der Waals surface area contributed by atoms with Crippen molar-refractivity contribution < 1.29 is 0 Å². The van der Waals surface area contributed by atoms with E-state index in [9.17, 15) is 5.26 Å². The van der Waals surface area contributed by atoms with Crippen molar-refractivity contribution in [3.63, 3.8) is 0 Å². The molecule has 536 valence electrons. The summed E-state index contributed by atoms with van der Waals surface area (Å²) in [5, 5.41) is 24.9. The van der Waals surface area contributed by atoms with Gasteiger partial charge in [0.25, 0.3) is 0 Å². The van der Waals surface area contributed by atoms with E-state index < -0.39 is 0 Å². The van der Waals surface area contributed by atoms with Crippen LogP contribution in [0.4, 0.5) is 0 Å². The van der Waals surface area contributed by atoms with Gasteiger partial charge >= 0.3 is 0 Å². The zero-order chi connectivity index (χ0) is 63.4. The van der Waals surface area contributed by atoms with Crippen LogP contribution in [0.1, 0.15) is 347 Å². The number of hydrogen-bond donors (Lipinski definition) is 2. The van der Waals surface area contributed by atoms with Crippen molar-refractivity contribution in [3.05, 3.63) is 0 Å². The highest BCUT2D eigenvalue weighted by atomic mass is 32.2. The molecule has 26 atom stereocenters. The topological polar surface area (TPSA) is 57.6 Å². The van der Waals surface area contributed by atoms with Crippen molar-refractivity contribution in [2.75, 3.05) is 0 Å². The molecule has 14 aliphatic carbocycles. The van der Waals surface area contributed by atoms with Gasteiger partial charge in [0.2, 0.25) is 0 Å². The van der Waals surface area contributed by atoms with Gasteiger partial charge in [0, 0.05) is 77.0 Å². The minimum absolute atomic E-state index is 0.205. The normalized spacial score (nSPS) is 53.1. The molecule has 2 N–H and O–H groups in total. The van der Waals surface area contributed by atoms with Crippen LogP contribution in [0, 0.1) is 130 Å². The van der Waals surface area contributed by atoms with E-state index in [4.69, 9.17) is 5.32 Å². The second-order valence-electron chi connectivity index (χ2n) is 40.1. The average Bonchev–Trinajstić information content (AvgIpc) is 0.841. The molecule has 0 aromatic rings. The molecule has 5 aliphatic heterocycles. The Morgan fingerprint density at radius 1 is 0.250 bits per heavy atom. The van der Waals surface area contributed by atoms with Crippen LogP contribution in [0.5, 0.6) is 0 Å². The number of fused-ring (bicyclic) bond motifs is 12. The van der Waals surface area contributed by atoms with Crippen molar-refractivity contribution in [2.24, 2.45) is 118 Å². The van der Waals surface area contributed by atoms with Gasteiger partial charge in [-0.1, -0.05) is 135 Å². The molecule has 5 heterocycles. The third-order valence-corrected chi connectivity index (χ3v) is 38.5. The van der Waals surface area contributed by atoms with Gasteiger partial charge in [0.05, 0.1) is 18.2 Å². The number of nitrogens with zero attached hydrogens (tertiary/aromatic N) is 4. The van der Waals surface area contributed by atoms with Gasteiger partial charge in [0.15, 0.2) is 0 Å². The first-order valence-electron chi connectivity index (χ1n) is 45.5. The lowest BCUT2D eigenvalue weighted by Crippen LogP contribution is -2.68. The van der Waals surface area contributed by atoms with Gasteiger partial charge in [-0.05, 0) is 324 Å². The van der Waals surface area contributed by atoms with Gasteiger partial charge in [-0.25, -0.2) is 0 Å². The standard InChI is InChI=1S/C89H144N6S/c90-55-72-83(57-42-48-61(49-43-57)93-75-34-14-7-26-64(75)65-27-8-15-35-76(65)93)84(58-44-50-62(51-45-58)94-77-36-16-9-28-66(77)67-29-10-17-37-78(67)94)85(59-46-52-63(53-47-59)95-79-38-18-11-30-68(79)69-31-12-19-39-80(69)95)88(71-33-21-41-82-86(71)70-32-13-20-40-81(70)96-82)87(72)74-54-73(56-22-3-1-4-23-56)91-89(92-74)60-24-5-2-6-25-60/h56-89,91-92H,1-54H2. The molecule has 0 spiro atoms. The highest BCUT2D eigenvalue weighted by molar-refractivity contribution is 8.00. The van der Waals surface area contributed by atoms with Crippen LogP contribution in [0.3, 0.4) is 0 Å². The maximum Gasteiger partial charge on any atom is 0.0662 e. The van der Waals surface area contributed by atoms with Crippen LogP contribution >= 0.6 is 11.8 Å². The highest BCUT2D eigenvalue weighted by Crippen LogP contribution is 2.68. The molecule has 0 amide bonds. The number of hydrogen-bond acceptors (Lipinski definition) is 7. The fraction of sp³-hybridized carbons (Fsp3) is 0.989. The summed E-state index contributed by atoms with van der Waals surface area (Å²) in [6.07, 6.45) is 81.0. The Hall–Kier alpha value is -0.360. The van der Waals surface area contributed by atoms with Crippen LogP contribution in [0.15, 0.2) is 0 Å². The smallest absolute Gasteiger partial charge is 0.0662 e. The molecule has 19 rings (SSSR count). The lowest BCUT2D eigenvalue weighted by Gasteiger charge is -2.64. The zero-order valence-corrected chi connectivity index (χ0v) is 62.3. The van der Waals surface area contributed by atoms with Crippen molar-refractivity contribution in [1.29, 1.82) is 5.26 Å². The predicted octanol–water partition coefficient (Wildman–Crippen LogP) is 21.1. The fourth-order valence-corrected chi connectivity index (χ4v) is 35.7. The Kier molecular flexibility index (Phi) is 20.2. The monoisotopic (exact) mass is 1330 g/mol. The summed E-state index contributed by atoms with van der Waals surface area (Å²) in [4.78, 5) is 10.2. The van der Waals surface area contributed by atoms with E-state index in [0.29, 0.717) is 36.0 Å². The Bertz CT molecular complexity index is 2490. The summed E-state index contributed by atoms with van der Waals surface area (Å²) in [5.41, 5.74) is 0. The summed E-state index contributed by atoms with van der Waals surface area (Å²) >= 11 is 2.60. The summed E-state index contributed by atoms with van der Waals surface area (Å²) in [6, 6.07) is 12.8. The quantitative estimate of drug-likeness (QED) is 0.226. The van der Waals surface area contributed by atoms with E-state index in [1.807, 2.05) is 0 Å². The van der Waals surface area contributed by atoms with Gasteiger partial charge in [-0.15, -0.1) is 0 Å². The van der Waals surface area contributed by atoms with E-state index in [1.54, 1.807) is 25.7 Å². The van der Waals surface area contributed by atoms with Crippen LogP contribution < -0.4 is 10.6 Å². The summed E-state index contributed by atoms with van der Waals surface area (Å²) in [7, 11) is 0. The molecule has 7 heteroatoms. The lowest BCUT2D eigenvalue weighted by molar-refractivity contribution is -0.145. The van der Waals surface area contributed by atoms with Crippen molar-refractivity contribution in [2.45, 2.75) is 430 Å². The Labute approximate surface area is 593 Å². The predicted molar refractivity (Wildman–Crippen MR) is 397 cm³/mol. The van der Waals surface area contributed by atoms with E-state index in [1.165, 1.54) is 321 Å². The SMILES string of the molecule is N#CC1C(C2CCC(N3C4CCCCC4C4CCCCC43)CC2)C(C2CCC(N3C4CCCCC4C4CCCCC43)CC2)C(C2CCC(N3C4CCCCC4C4CCCCC43)CC2)C(C2CCCC3SC4CCCCC4C32)C1C1CC(C2CCCCC2)NC(C2CCCCC2)N1.